The van der Waals surface area contributed by atoms with E-state index in [1.54, 1.807) is 54.6 Å². The van der Waals surface area contributed by atoms with Crippen LogP contribution in [0, 0.1) is 21.4 Å². The number of rotatable bonds is 4. The van der Waals surface area contributed by atoms with Gasteiger partial charge in [0.1, 0.15) is 5.69 Å². The van der Waals surface area contributed by atoms with Gasteiger partial charge in [-0.3, -0.25) is 14.9 Å². The fourth-order valence-electron chi connectivity index (χ4n) is 4.12. The molecular weight excluding hydrogens is 434 g/mol. The van der Waals surface area contributed by atoms with Gasteiger partial charge in [0.25, 0.3) is 11.2 Å². The molecular formula is C25H19N5O4. The van der Waals surface area contributed by atoms with Crippen molar-refractivity contribution < 1.29 is 9.66 Å². The van der Waals surface area contributed by atoms with Gasteiger partial charge in [0.2, 0.25) is 0 Å². The first-order valence-electron chi connectivity index (χ1n) is 10.7. The third-order valence-corrected chi connectivity index (χ3v) is 5.85. The molecule has 0 unspecified atom stereocenters. The lowest BCUT2D eigenvalue weighted by Crippen LogP contribution is -2.36. The second-order valence-electron chi connectivity index (χ2n) is 7.83. The maximum Gasteiger partial charge on any atom is 0.295 e. The summed E-state index contributed by atoms with van der Waals surface area (Å²) in [4.78, 5) is 26.9. The minimum Gasteiger partial charge on any atom is -0.378 e. The summed E-state index contributed by atoms with van der Waals surface area (Å²) in [6.45, 7) is 2.41. The van der Waals surface area contributed by atoms with Crippen molar-refractivity contribution in [1.29, 1.82) is 5.26 Å². The van der Waals surface area contributed by atoms with E-state index in [2.05, 4.69) is 16.1 Å². The Morgan fingerprint density at radius 3 is 2.38 bits per heavy atom. The Morgan fingerprint density at radius 1 is 1.00 bits per heavy atom. The monoisotopic (exact) mass is 453 g/mol. The van der Waals surface area contributed by atoms with Gasteiger partial charge in [0.15, 0.2) is 0 Å². The molecule has 9 heteroatoms. The van der Waals surface area contributed by atoms with Crippen molar-refractivity contribution in [2.45, 2.75) is 0 Å². The van der Waals surface area contributed by atoms with Crippen LogP contribution in [-0.4, -0.2) is 41.0 Å². The van der Waals surface area contributed by atoms with Gasteiger partial charge in [-0.05, 0) is 30.3 Å². The quantitative estimate of drug-likeness (QED) is 0.342. The number of morpholine rings is 1. The van der Waals surface area contributed by atoms with Crippen LogP contribution in [0.25, 0.3) is 27.7 Å². The number of aromatic nitrogens is 2. The minimum absolute atomic E-state index is 0.0969. The fraction of sp³-hybridized carbons (Fsp3) is 0.160. The number of anilines is 1. The van der Waals surface area contributed by atoms with E-state index < -0.39 is 10.5 Å². The van der Waals surface area contributed by atoms with Crippen LogP contribution in [0.2, 0.25) is 0 Å². The molecule has 1 aliphatic heterocycles. The van der Waals surface area contributed by atoms with Crippen LogP contribution in [0.4, 0.5) is 11.4 Å². The molecule has 0 N–H and O–H groups in total. The third kappa shape index (κ3) is 3.76. The van der Waals surface area contributed by atoms with E-state index in [9.17, 15) is 14.9 Å². The number of ether oxygens (including phenoxy) is 1. The molecule has 0 radical (unpaired) electrons. The highest BCUT2D eigenvalue weighted by Gasteiger charge is 2.23. The molecule has 0 bridgehead atoms. The molecule has 5 rings (SSSR count). The summed E-state index contributed by atoms with van der Waals surface area (Å²) in [5.41, 5.74) is 1.87. The topological polar surface area (TPSA) is 114 Å². The molecule has 0 amide bonds. The molecule has 2 heterocycles. The predicted octanol–water partition coefficient (Wildman–Crippen LogP) is 3.67. The van der Waals surface area contributed by atoms with E-state index in [4.69, 9.17) is 10.00 Å². The van der Waals surface area contributed by atoms with Crippen molar-refractivity contribution in [3.8, 4) is 23.0 Å². The van der Waals surface area contributed by atoms with Gasteiger partial charge < -0.3 is 9.64 Å². The normalized spacial score (nSPS) is 13.6. The molecule has 1 aliphatic rings. The van der Waals surface area contributed by atoms with Gasteiger partial charge >= 0.3 is 0 Å². The Kier molecular flexibility index (Phi) is 5.49. The first-order chi connectivity index (χ1) is 16.6. The summed E-state index contributed by atoms with van der Waals surface area (Å²) in [6.07, 6.45) is 0. The third-order valence-electron chi connectivity index (χ3n) is 5.85. The standard InChI is InChI=1S/C25H19N5O4/c26-16-17-5-7-18(8-6-17)24-20-3-1-2-4-21(20)25(31)29(27-24)23-15-19(9-10-22(23)30(32)33)28-11-13-34-14-12-28/h1-10,15H,11-14H2. The molecule has 0 aliphatic carbocycles. The molecule has 1 fully saturated rings. The summed E-state index contributed by atoms with van der Waals surface area (Å²) < 4.78 is 6.52. The summed E-state index contributed by atoms with van der Waals surface area (Å²) >= 11 is 0. The molecule has 0 saturated carbocycles. The summed E-state index contributed by atoms with van der Waals surface area (Å²) in [6, 6.07) is 20.7. The summed E-state index contributed by atoms with van der Waals surface area (Å²) in [5, 5.41) is 26.6. The minimum atomic E-state index is -0.511. The molecule has 3 aromatic carbocycles. The number of nitriles is 1. The zero-order valence-corrected chi connectivity index (χ0v) is 18.0. The predicted molar refractivity (Wildman–Crippen MR) is 127 cm³/mol. The molecule has 1 aromatic heterocycles. The Morgan fingerprint density at radius 2 is 1.71 bits per heavy atom. The van der Waals surface area contributed by atoms with E-state index in [-0.39, 0.29) is 11.4 Å². The maximum absolute atomic E-state index is 13.5. The van der Waals surface area contributed by atoms with Gasteiger partial charge in [-0.1, -0.05) is 30.3 Å². The van der Waals surface area contributed by atoms with Crippen LogP contribution in [0.1, 0.15) is 5.56 Å². The van der Waals surface area contributed by atoms with Crippen molar-refractivity contribution in [2.75, 3.05) is 31.2 Å². The number of nitro benzene ring substituents is 1. The van der Waals surface area contributed by atoms with Gasteiger partial charge in [-0.2, -0.15) is 15.0 Å². The van der Waals surface area contributed by atoms with Gasteiger partial charge in [-0.25, -0.2) is 0 Å². The SMILES string of the molecule is N#Cc1ccc(-c2nn(-c3cc(N4CCOCC4)ccc3[N+](=O)[O-])c(=O)c3ccccc23)cc1. The number of nitro groups is 1. The van der Waals surface area contributed by atoms with E-state index >= 15 is 0 Å². The van der Waals surface area contributed by atoms with Crippen LogP contribution in [0.3, 0.4) is 0 Å². The smallest absolute Gasteiger partial charge is 0.295 e. The Hall–Kier alpha value is -4.55. The number of nitrogens with zero attached hydrogens (tertiary/aromatic N) is 5. The zero-order chi connectivity index (χ0) is 23.7. The maximum atomic E-state index is 13.5. The van der Waals surface area contributed by atoms with E-state index in [1.807, 2.05) is 6.07 Å². The van der Waals surface area contributed by atoms with Crippen LogP contribution in [0.15, 0.2) is 71.5 Å². The van der Waals surface area contributed by atoms with Gasteiger partial charge in [-0.15, -0.1) is 0 Å². The van der Waals surface area contributed by atoms with E-state index in [0.29, 0.717) is 53.9 Å². The van der Waals surface area contributed by atoms with Crippen molar-refractivity contribution in [3.63, 3.8) is 0 Å². The van der Waals surface area contributed by atoms with Crippen molar-refractivity contribution in [1.82, 2.24) is 9.78 Å². The van der Waals surface area contributed by atoms with Crippen molar-refractivity contribution >= 4 is 22.1 Å². The lowest BCUT2D eigenvalue weighted by atomic mass is 10.0. The average Bonchev–Trinajstić information content (AvgIpc) is 2.89. The largest absolute Gasteiger partial charge is 0.378 e. The van der Waals surface area contributed by atoms with E-state index in [1.165, 1.54) is 6.07 Å². The molecule has 9 nitrogen and oxygen atoms in total. The molecule has 34 heavy (non-hydrogen) atoms. The fourth-order valence-corrected chi connectivity index (χ4v) is 4.12. The second kappa shape index (κ2) is 8.77. The van der Waals surface area contributed by atoms with Crippen LogP contribution >= 0.6 is 0 Å². The number of hydrogen-bond donors (Lipinski definition) is 0. The first-order valence-corrected chi connectivity index (χ1v) is 10.7. The highest BCUT2D eigenvalue weighted by Crippen LogP contribution is 2.30. The van der Waals surface area contributed by atoms with Crippen LogP contribution < -0.4 is 10.5 Å². The number of fused-ring (bicyclic) bond motifs is 1. The second-order valence-corrected chi connectivity index (χ2v) is 7.83. The lowest BCUT2D eigenvalue weighted by molar-refractivity contribution is -0.384. The van der Waals surface area contributed by atoms with Crippen molar-refractivity contribution in [2.24, 2.45) is 0 Å². The summed E-state index contributed by atoms with van der Waals surface area (Å²) in [5.74, 6) is 0. The highest BCUT2D eigenvalue weighted by atomic mass is 16.6. The number of benzene rings is 3. The van der Waals surface area contributed by atoms with Crippen LogP contribution in [-0.2, 0) is 4.74 Å². The van der Waals surface area contributed by atoms with E-state index in [0.717, 1.165) is 10.4 Å². The summed E-state index contributed by atoms with van der Waals surface area (Å²) in [7, 11) is 0. The van der Waals surface area contributed by atoms with Crippen molar-refractivity contribution in [3.05, 3.63) is 92.8 Å². The number of hydrogen-bond acceptors (Lipinski definition) is 7. The Balaban J connectivity index is 1.77. The van der Waals surface area contributed by atoms with Gasteiger partial charge in [0.05, 0.1) is 40.8 Å². The molecule has 4 aromatic rings. The van der Waals surface area contributed by atoms with Crippen LogP contribution in [0.5, 0.6) is 0 Å². The molecule has 0 spiro atoms. The average molecular weight is 453 g/mol. The lowest BCUT2D eigenvalue weighted by Gasteiger charge is -2.29. The van der Waals surface area contributed by atoms with Gasteiger partial charge in [0, 0.05) is 35.8 Å². The molecule has 0 atom stereocenters. The Labute approximate surface area is 194 Å². The molecule has 1 saturated heterocycles. The Bertz CT molecular complexity index is 1500. The highest BCUT2D eigenvalue weighted by molar-refractivity contribution is 5.94. The first kappa shape index (κ1) is 21.3. The molecule has 168 valence electrons. The zero-order valence-electron chi connectivity index (χ0n) is 18.0.